The van der Waals surface area contributed by atoms with Crippen LogP contribution in [-0.2, 0) is 0 Å². The molecule has 0 amide bonds. The topological polar surface area (TPSA) is 54.2 Å². The number of nitrogens with one attached hydrogen (secondary N) is 1. The monoisotopic (exact) mass is 274 g/mol. The van der Waals surface area contributed by atoms with Crippen molar-refractivity contribution in [2.45, 2.75) is 44.9 Å². The zero-order valence-electron chi connectivity index (χ0n) is 12.3. The number of aromatic nitrogens is 1. The third kappa shape index (κ3) is 3.35. The summed E-state index contributed by atoms with van der Waals surface area (Å²) < 4.78 is 0. The van der Waals surface area contributed by atoms with Crippen molar-refractivity contribution in [2.75, 3.05) is 35.6 Å². The standard InChI is InChI=1S/C16H26N4/c17-14-10-15(18-12-13-6-2-1-3-7-13)19-16(11-14)20-8-4-5-9-20/h10-11,13H,1-9,12H2,(H3,17,18,19). The van der Waals surface area contributed by atoms with Gasteiger partial charge in [0.25, 0.3) is 0 Å². The van der Waals surface area contributed by atoms with Crippen molar-refractivity contribution in [3.05, 3.63) is 12.1 Å². The van der Waals surface area contributed by atoms with E-state index in [0.29, 0.717) is 0 Å². The van der Waals surface area contributed by atoms with Crippen LogP contribution in [0.2, 0.25) is 0 Å². The second kappa shape index (κ2) is 6.33. The van der Waals surface area contributed by atoms with Crippen LogP contribution in [0.1, 0.15) is 44.9 Å². The van der Waals surface area contributed by atoms with Crippen molar-refractivity contribution in [2.24, 2.45) is 5.92 Å². The van der Waals surface area contributed by atoms with Crippen molar-refractivity contribution in [1.82, 2.24) is 4.98 Å². The molecule has 20 heavy (non-hydrogen) atoms. The highest BCUT2D eigenvalue weighted by molar-refractivity contribution is 5.59. The molecule has 1 aromatic rings. The fourth-order valence-electron chi connectivity index (χ4n) is 3.38. The van der Waals surface area contributed by atoms with Gasteiger partial charge in [0.2, 0.25) is 0 Å². The van der Waals surface area contributed by atoms with Crippen LogP contribution in [0.3, 0.4) is 0 Å². The highest BCUT2D eigenvalue weighted by Crippen LogP contribution is 2.26. The molecule has 2 heterocycles. The molecule has 0 bridgehead atoms. The molecule has 2 aliphatic rings. The van der Waals surface area contributed by atoms with Crippen LogP contribution in [0, 0.1) is 5.92 Å². The van der Waals surface area contributed by atoms with Gasteiger partial charge in [0.05, 0.1) is 0 Å². The molecule has 110 valence electrons. The largest absolute Gasteiger partial charge is 0.399 e. The predicted octanol–water partition coefficient (Wildman–Crippen LogP) is 3.26. The van der Waals surface area contributed by atoms with Crippen LogP contribution < -0.4 is 16.0 Å². The zero-order valence-corrected chi connectivity index (χ0v) is 12.3. The maximum Gasteiger partial charge on any atom is 0.133 e. The van der Waals surface area contributed by atoms with Crippen LogP contribution in [0.5, 0.6) is 0 Å². The number of hydrogen-bond donors (Lipinski definition) is 2. The second-order valence-electron chi connectivity index (χ2n) is 6.22. The summed E-state index contributed by atoms with van der Waals surface area (Å²) in [5.74, 6) is 2.79. The molecule has 1 aliphatic carbocycles. The summed E-state index contributed by atoms with van der Waals surface area (Å²) in [5, 5.41) is 3.50. The normalized spacial score (nSPS) is 20.3. The van der Waals surface area contributed by atoms with Gasteiger partial charge in [-0.2, -0.15) is 0 Å². The Balaban J connectivity index is 1.63. The van der Waals surface area contributed by atoms with E-state index in [2.05, 4.69) is 10.2 Å². The van der Waals surface area contributed by atoms with Gasteiger partial charge in [-0.1, -0.05) is 19.3 Å². The summed E-state index contributed by atoms with van der Waals surface area (Å²) in [6, 6.07) is 3.96. The van der Waals surface area contributed by atoms with Gasteiger partial charge < -0.3 is 16.0 Å². The van der Waals surface area contributed by atoms with E-state index in [1.54, 1.807) is 0 Å². The van der Waals surface area contributed by atoms with Gasteiger partial charge >= 0.3 is 0 Å². The van der Waals surface area contributed by atoms with E-state index in [1.165, 1.54) is 44.9 Å². The van der Waals surface area contributed by atoms with Crippen LogP contribution in [0.15, 0.2) is 12.1 Å². The number of pyridine rings is 1. The Labute approximate surface area is 121 Å². The Kier molecular flexibility index (Phi) is 4.28. The Morgan fingerprint density at radius 3 is 2.60 bits per heavy atom. The number of anilines is 3. The molecule has 0 unspecified atom stereocenters. The van der Waals surface area contributed by atoms with Crippen molar-refractivity contribution >= 4 is 17.3 Å². The first-order valence-corrected chi connectivity index (χ1v) is 8.07. The zero-order chi connectivity index (χ0) is 13.8. The van der Waals surface area contributed by atoms with Crippen LogP contribution >= 0.6 is 0 Å². The van der Waals surface area contributed by atoms with E-state index in [9.17, 15) is 0 Å². The molecule has 0 atom stereocenters. The molecule has 3 rings (SSSR count). The maximum absolute atomic E-state index is 6.03. The summed E-state index contributed by atoms with van der Waals surface area (Å²) in [5.41, 5.74) is 6.84. The highest BCUT2D eigenvalue weighted by atomic mass is 15.2. The number of hydrogen-bond acceptors (Lipinski definition) is 4. The van der Waals surface area contributed by atoms with E-state index in [-0.39, 0.29) is 0 Å². The van der Waals surface area contributed by atoms with Crippen molar-refractivity contribution in [1.29, 1.82) is 0 Å². The van der Waals surface area contributed by atoms with E-state index < -0.39 is 0 Å². The van der Waals surface area contributed by atoms with Gasteiger partial charge in [0.15, 0.2) is 0 Å². The first-order chi connectivity index (χ1) is 9.81. The third-order valence-corrected chi connectivity index (χ3v) is 4.56. The maximum atomic E-state index is 6.03. The number of nitrogens with two attached hydrogens (primary N) is 1. The average Bonchev–Trinajstić information content (AvgIpc) is 3.00. The van der Waals surface area contributed by atoms with Gasteiger partial charge in [-0.15, -0.1) is 0 Å². The average molecular weight is 274 g/mol. The molecule has 1 saturated carbocycles. The van der Waals surface area contributed by atoms with Crippen LogP contribution in [-0.4, -0.2) is 24.6 Å². The fraction of sp³-hybridized carbons (Fsp3) is 0.688. The quantitative estimate of drug-likeness (QED) is 0.885. The smallest absolute Gasteiger partial charge is 0.133 e. The molecule has 0 spiro atoms. The molecular formula is C16H26N4. The van der Waals surface area contributed by atoms with Crippen molar-refractivity contribution < 1.29 is 0 Å². The Bertz CT molecular complexity index is 434. The van der Waals surface area contributed by atoms with Crippen molar-refractivity contribution in [3.63, 3.8) is 0 Å². The lowest BCUT2D eigenvalue weighted by Gasteiger charge is -2.23. The summed E-state index contributed by atoms with van der Waals surface area (Å²) in [6.07, 6.45) is 9.42. The summed E-state index contributed by atoms with van der Waals surface area (Å²) in [6.45, 7) is 3.26. The summed E-state index contributed by atoms with van der Waals surface area (Å²) in [7, 11) is 0. The molecule has 1 aliphatic heterocycles. The predicted molar refractivity (Wildman–Crippen MR) is 85.2 cm³/mol. The number of rotatable bonds is 4. The van der Waals surface area contributed by atoms with Gasteiger partial charge in [-0.3, -0.25) is 0 Å². The molecule has 4 heteroatoms. The van der Waals surface area contributed by atoms with E-state index >= 15 is 0 Å². The summed E-state index contributed by atoms with van der Waals surface area (Å²) >= 11 is 0. The Morgan fingerprint density at radius 1 is 1.10 bits per heavy atom. The third-order valence-electron chi connectivity index (χ3n) is 4.56. The van der Waals surface area contributed by atoms with Crippen molar-refractivity contribution in [3.8, 4) is 0 Å². The number of nitrogen functional groups attached to an aromatic ring is 1. The molecule has 2 fully saturated rings. The Morgan fingerprint density at radius 2 is 1.85 bits per heavy atom. The van der Waals surface area contributed by atoms with E-state index in [0.717, 1.165) is 42.9 Å². The minimum atomic E-state index is 0.808. The fourth-order valence-corrected chi connectivity index (χ4v) is 3.38. The van der Waals surface area contributed by atoms with Crippen LogP contribution in [0.25, 0.3) is 0 Å². The van der Waals surface area contributed by atoms with E-state index in [4.69, 9.17) is 10.7 Å². The lowest BCUT2D eigenvalue weighted by atomic mass is 9.89. The molecule has 0 radical (unpaired) electrons. The van der Waals surface area contributed by atoms with Gasteiger partial charge in [-0.25, -0.2) is 4.98 Å². The lowest BCUT2D eigenvalue weighted by Crippen LogP contribution is -2.21. The van der Waals surface area contributed by atoms with Gasteiger partial charge in [-0.05, 0) is 31.6 Å². The first kappa shape index (κ1) is 13.5. The minimum absolute atomic E-state index is 0.808. The summed E-state index contributed by atoms with van der Waals surface area (Å²) in [4.78, 5) is 7.07. The second-order valence-corrected chi connectivity index (χ2v) is 6.22. The molecule has 1 aromatic heterocycles. The molecule has 0 aromatic carbocycles. The molecule has 3 N–H and O–H groups in total. The highest BCUT2D eigenvalue weighted by Gasteiger charge is 2.16. The van der Waals surface area contributed by atoms with E-state index in [1.807, 2.05) is 12.1 Å². The first-order valence-electron chi connectivity index (χ1n) is 8.07. The number of nitrogens with zero attached hydrogens (tertiary/aromatic N) is 2. The molecule has 4 nitrogen and oxygen atoms in total. The van der Waals surface area contributed by atoms with Gasteiger partial charge in [0.1, 0.15) is 11.6 Å². The van der Waals surface area contributed by atoms with Crippen LogP contribution in [0.4, 0.5) is 17.3 Å². The SMILES string of the molecule is Nc1cc(NCC2CCCCC2)nc(N2CCCC2)c1. The minimum Gasteiger partial charge on any atom is -0.399 e. The lowest BCUT2D eigenvalue weighted by molar-refractivity contribution is 0.373. The molecule has 1 saturated heterocycles. The molecular weight excluding hydrogens is 248 g/mol. The van der Waals surface area contributed by atoms with Gasteiger partial charge in [0, 0.05) is 37.5 Å². The Hall–Kier alpha value is -1.45.